The van der Waals surface area contributed by atoms with E-state index < -0.39 is 0 Å². The number of pyridine rings is 1. The van der Waals surface area contributed by atoms with Crippen molar-refractivity contribution in [1.29, 1.82) is 0 Å². The number of rotatable bonds is 6. The van der Waals surface area contributed by atoms with E-state index in [1.165, 1.54) is 0 Å². The van der Waals surface area contributed by atoms with Crippen LogP contribution in [-0.4, -0.2) is 59.5 Å². The molecular formula is C21H28N4O2. The number of benzene rings is 1. The molecule has 0 atom stereocenters. The van der Waals surface area contributed by atoms with Gasteiger partial charge in [-0.05, 0) is 38.6 Å². The summed E-state index contributed by atoms with van der Waals surface area (Å²) in [6.07, 6.45) is 3.44. The fourth-order valence-corrected chi connectivity index (χ4v) is 3.16. The molecule has 27 heavy (non-hydrogen) atoms. The summed E-state index contributed by atoms with van der Waals surface area (Å²) in [5.74, 6) is 0.813. The third-order valence-electron chi connectivity index (χ3n) is 4.62. The van der Waals surface area contributed by atoms with Gasteiger partial charge in [0.05, 0.1) is 29.2 Å². The number of ether oxygens (including phenoxy) is 1. The van der Waals surface area contributed by atoms with E-state index in [1.807, 2.05) is 49.1 Å². The highest BCUT2D eigenvalue weighted by Crippen LogP contribution is 2.28. The third-order valence-corrected chi connectivity index (χ3v) is 4.62. The fraction of sp³-hybridized carbons (Fsp3) is 0.429. The molecule has 2 heterocycles. The fourth-order valence-electron chi connectivity index (χ4n) is 3.16. The molecule has 0 aliphatic carbocycles. The number of piperazine rings is 1. The standard InChI is InChI=1S/C21H28N4O2/c1-4-24-9-11-25(12-10-24)21(26)17-13-18(15-22-14-17)23-19-7-5-6-8-20(19)27-16(2)3/h5-8,13-16,23H,4,9-12H2,1-3H3. The first kappa shape index (κ1) is 19.2. The Labute approximate surface area is 161 Å². The first-order chi connectivity index (χ1) is 13.1. The lowest BCUT2D eigenvalue weighted by Crippen LogP contribution is -2.48. The first-order valence-corrected chi connectivity index (χ1v) is 9.56. The number of amides is 1. The normalized spacial score (nSPS) is 15.0. The Morgan fingerprint density at radius 3 is 2.63 bits per heavy atom. The Morgan fingerprint density at radius 1 is 1.19 bits per heavy atom. The predicted molar refractivity (Wildman–Crippen MR) is 108 cm³/mol. The van der Waals surface area contributed by atoms with Crippen LogP contribution in [0, 0.1) is 0 Å². The number of carbonyl (C=O) groups excluding carboxylic acids is 1. The molecule has 0 unspecified atom stereocenters. The molecule has 1 aliphatic rings. The SMILES string of the molecule is CCN1CCN(C(=O)c2cncc(Nc3ccccc3OC(C)C)c2)CC1. The molecule has 0 radical (unpaired) electrons. The van der Waals surface area contributed by atoms with Crippen LogP contribution >= 0.6 is 0 Å². The van der Waals surface area contributed by atoms with Crippen LogP contribution < -0.4 is 10.1 Å². The second-order valence-electron chi connectivity index (χ2n) is 6.98. The van der Waals surface area contributed by atoms with E-state index in [1.54, 1.807) is 12.4 Å². The molecule has 1 amide bonds. The molecule has 0 saturated carbocycles. The van der Waals surface area contributed by atoms with E-state index >= 15 is 0 Å². The Balaban J connectivity index is 1.72. The molecule has 1 aliphatic heterocycles. The minimum absolute atomic E-state index is 0.0358. The van der Waals surface area contributed by atoms with Crippen molar-refractivity contribution < 1.29 is 9.53 Å². The van der Waals surface area contributed by atoms with E-state index in [0.717, 1.165) is 49.8 Å². The maximum Gasteiger partial charge on any atom is 0.255 e. The summed E-state index contributed by atoms with van der Waals surface area (Å²) in [7, 11) is 0. The third kappa shape index (κ3) is 4.98. The van der Waals surface area contributed by atoms with Crippen LogP contribution in [0.25, 0.3) is 0 Å². The van der Waals surface area contributed by atoms with Crippen LogP contribution in [-0.2, 0) is 0 Å². The van der Waals surface area contributed by atoms with Crippen molar-refractivity contribution >= 4 is 17.3 Å². The van der Waals surface area contributed by atoms with Gasteiger partial charge in [-0.1, -0.05) is 19.1 Å². The number of hydrogen-bond acceptors (Lipinski definition) is 5. The lowest BCUT2D eigenvalue weighted by molar-refractivity contribution is 0.0643. The summed E-state index contributed by atoms with van der Waals surface area (Å²) in [4.78, 5) is 21.3. The van der Waals surface area contributed by atoms with Gasteiger partial charge in [0.15, 0.2) is 0 Å². The second kappa shape index (κ2) is 8.86. The van der Waals surface area contributed by atoms with Gasteiger partial charge in [-0.3, -0.25) is 9.78 Å². The van der Waals surface area contributed by atoms with Gasteiger partial charge < -0.3 is 19.9 Å². The van der Waals surface area contributed by atoms with Crippen molar-refractivity contribution in [2.45, 2.75) is 26.9 Å². The number of anilines is 2. The summed E-state index contributed by atoms with van der Waals surface area (Å²) in [5, 5.41) is 3.33. The van der Waals surface area contributed by atoms with Crippen LogP contribution in [0.1, 0.15) is 31.1 Å². The van der Waals surface area contributed by atoms with Crippen molar-refractivity contribution in [3.8, 4) is 5.75 Å². The summed E-state index contributed by atoms with van der Waals surface area (Å²) >= 11 is 0. The van der Waals surface area contributed by atoms with E-state index in [0.29, 0.717) is 5.56 Å². The molecule has 144 valence electrons. The predicted octanol–water partition coefficient (Wildman–Crippen LogP) is 3.39. The summed E-state index contributed by atoms with van der Waals surface area (Å²) < 4.78 is 5.85. The summed E-state index contributed by atoms with van der Waals surface area (Å²) in [6, 6.07) is 9.63. The number of hydrogen-bond donors (Lipinski definition) is 1. The largest absolute Gasteiger partial charge is 0.489 e. The van der Waals surface area contributed by atoms with Crippen molar-refractivity contribution in [3.05, 3.63) is 48.3 Å². The van der Waals surface area contributed by atoms with Gasteiger partial charge in [0, 0.05) is 32.4 Å². The number of likely N-dealkylation sites (N-methyl/N-ethyl adjacent to an activating group) is 1. The van der Waals surface area contributed by atoms with Gasteiger partial charge in [-0.15, -0.1) is 0 Å². The van der Waals surface area contributed by atoms with E-state index in [9.17, 15) is 4.79 Å². The molecule has 3 rings (SSSR count). The minimum atomic E-state index is 0.0358. The van der Waals surface area contributed by atoms with Crippen molar-refractivity contribution in [2.24, 2.45) is 0 Å². The molecular weight excluding hydrogens is 340 g/mol. The zero-order chi connectivity index (χ0) is 19.2. The molecule has 0 bridgehead atoms. The van der Waals surface area contributed by atoms with Gasteiger partial charge in [0.2, 0.25) is 0 Å². The highest BCUT2D eigenvalue weighted by molar-refractivity contribution is 5.95. The monoisotopic (exact) mass is 368 g/mol. The highest BCUT2D eigenvalue weighted by atomic mass is 16.5. The van der Waals surface area contributed by atoms with Crippen molar-refractivity contribution in [2.75, 3.05) is 38.0 Å². The van der Waals surface area contributed by atoms with E-state index in [4.69, 9.17) is 4.74 Å². The molecule has 1 N–H and O–H groups in total. The Hall–Kier alpha value is -2.60. The number of aromatic nitrogens is 1. The van der Waals surface area contributed by atoms with Crippen LogP contribution in [0.4, 0.5) is 11.4 Å². The molecule has 6 heteroatoms. The van der Waals surface area contributed by atoms with Gasteiger partial charge in [-0.2, -0.15) is 0 Å². The zero-order valence-corrected chi connectivity index (χ0v) is 16.3. The van der Waals surface area contributed by atoms with Crippen LogP contribution in [0.3, 0.4) is 0 Å². The molecule has 1 aromatic carbocycles. The molecule has 1 saturated heterocycles. The molecule has 6 nitrogen and oxygen atoms in total. The Bertz CT molecular complexity index is 770. The van der Waals surface area contributed by atoms with Crippen molar-refractivity contribution in [3.63, 3.8) is 0 Å². The smallest absolute Gasteiger partial charge is 0.255 e. The summed E-state index contributed by atoms with van der Waals surface area (Å²) in [5.41, 5.74) is 2.23. The van der Waals surface area contributed by atoms with E-state index in [2.05, 4.69) is 22.1 Å². The Morgan fingerprint density at radius 2 is 1.93 bits per heavy atom. The number of nitrogens with one attached hydrogen (secondary N) is 1. The maximum absolute atomic E-state index is 12.8. The number of carbonyl (C=O) groups is 1. The van der Waals surface area contributed by atoms with Crippen LogP contribution in [0.5, 0.6) is 5.75 Å². The van der Waals surface area contributed by atoms with Crippen LogP contribution in [0.2, 0.25) is 0 Å². The van der Waals surface area contributed by atoms with Crippen LogP contribution in [0.15, 0.2) is 42.7 Å². The topological polar surface area (TPSA) is 57.7 Å². The minimum Gasteiger partial charge on any atom is -0.489 e. The average Bonchev–Trinajstić information content (AvgIpc) is 2.69. The average molecular weight is 368 g/mol. The summed E-state index contributed by atoms with van der Waals surface area (Å²) in [6.45, 7) is 10.5. The van der Waals surface area contributed by atoms with Gasteiger partial charge in [-0.25, -0.2) is 0 Å². The zero-order valence-electron chi connectivity index (χ0n) is 16.3. The molecule has 1 aromatic heterocycles. The second-order valence-corrected chi connectivity index (χ2v) is 6.98. The number of para-hydroxylation sites is 2. The van der Waals surface area contributed by atoms with Gasteiger partial charge in [0.25, 0.3) is 5.91 Å². The highest BCUT2D eigenvalue weighted by Gasteiger charge is 2.21. The van der Waals surface area contributed by atoms with Gasteiger partial charge >= 0.3 is 0 Å². The van der Waals surface area contributed by atoms with Crippen molar-refractivity contribution in [1.82, 2.24) is 14.8 Å². The Kier molecular flexibility index (Phi) is 6.29. The lowest BCUT2D eigenvalue weighted by atomic mass is 10.2. The molecule has 0 spiro atoms. The molecule has 1 fully saturated rings. The quantitative estimate of drug-likeness (QED) is 0.847. The molecule has 2 aromatic rings. The van der Waals surface area contributed by atoms with Gasteiger partial charge in [0.1, 0.15) is 5.75 Å². The first-order valence-electron chi connectivity index (χ1n) is 9.56. The van der Waals surface area contributed by atoms with E-state index in [-0.39, 0.29) is 12.0 Å². The number of nitrogens with zero attached hydrogens (tertiary/aromatic N) is 3. The maximum atomic E-state index is 12.8. The lowest BCUT2D eigenvalue weighted by Gasteiger charge is -2.34.